The largest absolute Gasteiger partial charge is 0.395 e. The number of aliphatic hydroxyl groups excluding tert-OH is 1. The summed E-state index contributed by atoms with van der Waals surface area (Å²) in [6.07, 6.45) is 3.33. The summed E-state index contributed by atoms with van der Waals surface area (Å²) in [5.74, 6) is 0. The smallest absolute Gasteiger partial charge is 0.0926 e. The number of rotatable bonds is 3. The molecule has 18 heavy (non-hydrogen) atoms. The maximum Gasteiger partial charge on any atom is 0.0926 e. The molecule has 0 radical (unpaired) electrons. The third-order valence-electron chi connectivity index (χ3n) is 4.11. The fourth-order valence-electron chi connectivity index (χ4n) is 2.81. The predicted octanol–water partition coefficient (Wildman–Crippen LogP) is 2.50. The van der Waals surface area contributed by atoms with E-state index < -0.39 is 0 Å². The first-order valence-corrected chi connectivity index (χ1v) is 6.46. The Labute approximate surface area is 107 Å². The molecule has 94 valence electrons. The van der Waals surface area contributed by atoms with Gasteiger partial charge in [-0.15, -0.1) is 0 Å². The van der Waals surface area contributed by atoms with Crippen LogP contribution in [0.5, 0.6) is 0 Å². The standard InChI is InChI=1S/C15H18N2O/c1-17-14(15(11-18)8-5-9-15)10-13(16-17)12-6-3-2-4-7-12/h2-4,6-7,10,18H,5,8-9,11H2,1H3. The summed E-state index contributed by atoms with van der Waals surface area (Å²) < 4.78 is 1.93. The lowest BCUT2D eigenvalue weighted by molar-refractivity contribution is 0.112. The normalized spacial score (nSPS) is 17.4. The van der Waals surface area contributed by atoms with Gasteiger partial charge in [-0.05, 0) is 18.9 Å². The van der Waals surface area contributed by atoms with Crippen LogP contribution in [0, 0.1) is 0 Å². The van der Waals surface area contributed by atoms with E-state index >= 15 is 0 Å². The quantitative estimate of drug-likeness (QED) is 0.898. The molecule has 1 N–H and O–H groups in total. The van der Waals surface area contributed by atoms with Crippen LogP contribution >= 0.6 is 0 Å². The summed E-state index contributed by atoms with van der Waals surface area (Å²) in [6, 6.07) is 12.3. The molecule has 0 unspecified atom stereocenters. The molecule has 1 heterocycles. The number of nitrogens with zero attached hydrogens (tertiary/aromatic N) is 2. The van der Waals surface area contributed by atoms with Crippen LogP contribution in [0.3, 0.4) is 0 Å². The second kappa shape index (κ2) is 4.25. The van der Waals surface area contributed by atoms with Crippen molar-refractivity contribution in [1.82, 2.24) is 9.78 Å². The fraction of sp³-hybridized carbons (Fsp3) is 0.400. The summed E-state index contributed by atoms with van der Waals surface area (Å²) >= 11 is 0. The van der Waals surface area contributed by atoms with Crippen molar-refractivity contribution in [2.75, 3.05) is 6.61 Å². The number of aromatic nitrogens is 2. The Morgan fingerprint density at radius 3 is 2.56 bits per heavy atom. The molecule has 0 aliphatic heterocycles. The van der Waals surface area contributed by atoms with E-state index in [0.717, 1.165) is 29.8 Å². The average molecular weight is 242 g/mol. The number of aliphatic hydroxyl groups is 1. The van der Waals surface area contributed by atoms with E-state index in [4.69, 9.17) is 0 Å². The minimum atomic E-state index is -0.0468. The topological polar surface area (TPSA) is 38.0 Å². The number of aryl methyl sites for hydroxylation is 1. The molecule has 1 aromatic heterocycles. The van der Waals surface area contributed by atoms with Gasteiger partial charge in [0.1, 0.15) is 0 Å². The second-order valence-corrected chi connectivity index (χ2v) is 5.20. The molecule has 1 aromatic carbocycles. The molecule has 0 spiro atoms. The van der Waals surface area contributed by atoms with E-state index in [9.17, 15) is 5.11 Å². The lowest BCUT2D eigenvalue weighted by atomic mass is 9.67. The highest BCUT2D eigenvalue weighted by Crippen LogP contribution is 2.43. The van der Waals surface area contributed by atoms with Crippen LogP contribution in [0.15, 0.2) is 36.4 Å². The van der Waals surface area contributed by atoms with Crippen LogP contribution in [0.4, 0.5) is 0 Å². The van der Waals surface area contributed by atoms with E-state index in [1.165, 1.54) is 6.42 Å². The van der Waals surface area contributed by atoms with Crippen molar-refractivity contribution in [3.8, 4) is 11.3 Å². The van der Waals surface area contributed by atoms with Crippen LogP contribution in [0.1, 0.15) is 25.0 Å². The lowest BCUT2D eigenvalue weighted by Crippen LogP contribution is -2.39. The molecular weight excluding hydrogens is 224 g/mol. The summed E-state index contributed by atoms with van der Waals surface area (Å²) in [5, 5.41) is 14.2. The zero-order valence-corrected chi connectivity index (χ0v) is 10.6. The Balaban J connectivity index is 2.01. The molecule has 3 heteroatoms. The minimum absolute atomic E-state index is 0.0468. The molecular formula is C15H18N2O. The minimum Gasteiger partial charge on any atom is -0.395 e. The molecule has 1 fully saturated rings. The van der Waals surface area contributed by atoms with Crippen molar-refractivity contribution in [3.05, 3.63) is 42.1 Å². The molecule has 1 aliphatic rings. The molecule has 0 atom stereocenters. The van der Waals surface area contributed by atoms with Gasteiger partial charge in [-0.2, -0.15) is 5.10 Å². The van der Waals surface area contributed by atoms with Crippen LogP contribution in [-0.2, 0) is 12.5 Å². The molecule has 3 rings (SSSR count). The Morgan fingerprint density at radius 1 is 1.28 bits per heavy atom. The van der Waals surface area contributed by atoms with Crippen LogP contribution in [-0.4, -0.2) is 21.5 Å². The van der Waals surface area contributed by atoms with E-state index in [2.05, 4.69) is 23.3 Å². The molecule has 1 saturated carbocycles. The highest BCUT2D eigenvalue weighted by molar-refractivity contribution is 5.59. The average Bonchev–Trinajstić information content (AvgIpc) is 2.73. The molecule has 1 aliphatic carbocycles. The number of benzene rings is 1. The van der Waals surface area contributed by atoms with Crippen LogP contribution in [0.25, 0.3) is 11.3 Å². The van der Waals surface area contributed by atoms with Crippen LogP contribution < -0.4 is 0 Å². The fourth-order valence-corrected chi connectivity index (χ4v) is 2.81. The lowest BCUT2D eigenvalue weighted by Gasteiger charge is -2.40. The van der Waals surface area contributed by atoms with E-state index in [1.807, 2.05) is 29.9 Å². The van der Waals surface area contributed by atoms with E-state index in [1.54, 1.807) is 0 Å². The third-order valence-corrected chi connectivity index (χ3v) is 4.11. The highest BCUT2D eigenvalue weighted by atomic mass is 16.3. The van der Waals surface area contributed by atoms with Gasteiger partial charge in [-0.3, -0.25) is 4.68 Å². The van der Waals surface area contributed by atoms with Gasteiger partial charge in [0.2, 0.25) is 0 Å². The predicted molar refractivity (Wildman–Crippen MR) is 71.3 cm³/mol. The Hall–Kier alpha value is -1.61. The molecule has 3 nitrogen and oxygen atoms in total. The molecule has 0 amide bonds. The number of hydrogen-bond donors (Lipinski definition) is 1. The summed E-state index contributed by atoms with van der Waals surface area (Å²) in [7, 11) is 1.97. The number of hydrogen-bond acceptors (Lipinski definition) is 2. The first kappa shape index (κ1) is 11.5. The van der Waals surface area contributed by atoms with Crippen molar-refractivity contribution >= 4 is 0 Å². The van der Waals surface area contributed by atoms with Gasteiger partial charge in [-0.1, -0.05) is 36.8 Å². The first-order chi connectivity index (χ1) is 8.75. The SMILES string of the molecule is Cn1nc(-c2ccccc2)cc1C1(CO)CCC1. The van der Waals surface area contributed by atoms with Gasteiger partial charge >= 0.3 is 0 Å². The van der Waals surface area contributed by atoms with Gasteiger partial charge in [0.25, 0.3) is 0 Å². The highest BCUT2D eigenvalue weighted by Gasteiger charge is 2.40. The van der Waals surface area contributed by atoms with E-state index in [-0.39, 0.29) is 12.0 Å². The van der Waals surface area contributed by atoms with Gasteiger partial charge in [0, 0.05) is 23.7 Å². The van der Waals surface area contributed by atoms with Gasteiger partial charge in [-0.25, -0.2) is 0 Å². The first-order valence-electron chi connectivity index (χ1n) is 6.46. The zero-order valence-electron chi connectivity index (χ0n) is 10.6. The molecule has 2 aromatic rings. The monoisotopic (exact) mass is 242 g/mol. The van der Waals surface area contributed by atoms with Crippen molar-refractivity contribution in [2.45, 2.75) is 24.7 Å². The zero-order chi connectivity index (χ0) is 12.6. The second-order valence-electron chi connectivity index (χ2n) is 5.20. The third kappa shape index (κ3) is 1.66. The Kier molecular flexibility index (Phi) is 2.71. The van der Waals surface area contributed by atoms with Gasteiger partial charge < -0.3 is 5.11 Å². The van der Waals surface area contributed by atoms with Crippen LogP contribution in [0.2, 0.25) is 0 Å². The van der Waals surface area contributed by atoms with Crippen molar-refractivity contribution in [2.24, 2.45) is 7.05 Å². The molecule has 0 saturated heterocycles. The van der Waals surface area contributed by atoms with Crippen molar-refractivity contribution in [1.29, 1.82) is 0 Å². The summed E-state index contributed by atoms with van der Waals surface area (Å²) in [6.45, 7) is 0.223. The van der Waals surface area contributed by atoms with E-state index in [0.29, 0.717) is 0 Å². The van der Waals surface area contributed by atoms with Gasteiger partial charge in [0.15, 0.2) is 0 Å². The Morgan fingerprint density at radius 2 is 2.00 bits per heavy atom. The maximum atomic E-state index is 9.65. The van der Waals surface area contributed by atoms with Crippen molar-refractivity contribution in [3.63, 3.8) is 0 Å². The van der Waals surface area contributed by atoms with Crippen molar-refractivity contribution < 1.29 is 5.11 Å². The summed E-state index contributed by atoms with van der Waals surface area (Å²) in [4.78, 5) is 0. The Bertz CT molecular complexity index is 535. The maximum absolute atomic E-state index is 9.65. The molecule has 0 bridgehead atoms. The summed E-state index contributed by atoms with van der Waals surface area (Å²) in [5.41, 5.74) is 3.24. The van der Waals surface area contributed by atoms with Gasteiger partial charge in [0.05, 0.1) is 12.3 Å².